The van der Waals surface area contributed by atoms with Crippen molar-refractivity contribution in [1.82, 2.24) is 0 Å². The summed E-state index contributed by atoms with van der Waals surface area (Å²) in [6.45, 7) is 2.35. The molecule has 3 aliphatic rings. The maximum absolute atomic E-state index is 16.4. The van der Waals surface area contributed by atoms with Crippen molar-refractivity contribution in [1.29, 1.82) is 0 Å². The monoisotopic (exact) mass is 872 g/mol. The predicted molar refractivity (Wildman–Crippen MR) is 194 cm³/mol. The lowest BCUT2D eigenvalue weighted by Gasteiger charge is -2.26. The van der Waals surface area contributed by atoms with Gasteiger partial charge in [0.05, 0.1) is 29.4 Å². The minimum Gasteiger partial charge on any atom is -0.282 e. The van der Waals surface area contributed by atoms with Crippen LogP contribution < -0.4 is 0 Å². The van der Waals surface area contributed by atoms with Crippen molar-refractivity contribution in [3.63, 3.8) is 0 Å². The molecule has 10 nitrogen and oxygen atoms in total. The van der Waals surface area contributed by atoms with Crippen molar-refractivity contribution in [3.05, 3.63) is 117 Å². The number of fused-ring (bicyclic) bond motifs is 2. The summed E-state index contributed by atoms with van der Waals surface area (Å²) in [5.74, 6) is -17.8. The van der Waals surface area contributed by atoms with Crippen molar-refractivity contribution in [2.24, 2.45) is 0 Å². The number of sulfone groups is 2. The van der Waals surface area contributed by atoms with Crippen LogP contribution in [0.4, 0.5) is 26.3 Å². The molecule has 4 aromatic rings. The maximum atomic E-state index is 16.4. The molecule has 0 atom stereocenters. The molecule has 0 unspecified atom stereocenters. The molecule has 0 fully saturated rings. The summed E-state index contributed by atoms with van der Waals surface area (Å²) >= 11 is 0. The van der Waals surface area contributed by atoms with E-state index >= 15 is 26.3 Å². The second-order valence-electron chi connectivity index (χ2n) is 13.2. The third-order valence-corrected chi connectivity index (χ3v) is 15.9. The lowest BCUT2D eigenvalue weighted by atomic mass is 9.86. The van der Waals surface area contributed by atoms with Crippen LogP contribution in [0.1, 0.15) is 37.8 Å². The largest absolute Gasteiger partial charge is 0.380 e. The number of allylic oxidation sites excluding steroid dienone is 6. The molecular weight excluding hydrogens is 847 g/mol. The lowest BCUT2D eigenvalue weighted by molar-refractivity contribution is -0.263. The Morgan fingerprint density at radius 1 is 0.509 bits per heavy atom. The average molecular weight is 873 g/mol. The van der Waals surface area contributed by atoms with Crippen LogP contribution >= 0.6 is 0 Å². The molecule has 7 rings (SSSR count). The topological polar surface area (TPSA) is 177 Å². The zero-order chi connectivity index (χ0) is 42.1. The van der Waals surface area contributed by atoms with Crippen LogP contribution in [-0.4, -0.2) is 60.5 Å². The lowest BCUT2D eigenvalue weighted by Crippen LogP contribution is -2.49. The smallest absolute Gasteiger partial charge is 0.282 e. The number of alkyl halides is 6. The minimum atomic E-state index is -6.20. The molecule has 2 aliphatic heterocycles. The fourth-order valence-corrected chi connectivity index (χ4v) is 12.1. The van der Waals surface area contributed by atoms with E-state index in [4.69, 9.17) is 0 Å². The normalized spacial score (nSPS) is 20.2. The first kappa shape index (κ1) is 40.6. The molecule has 0 radical (unpaired) electrons. The van der Waals surface area contributed by atoms with Gasteiger partial charge in [0.25, 0.3) is 20.2 Å². The Labute approximate surface area is 322 Å². The number of rotatable bonds is 8. The molecular formula is C37H26F6O10S4. The summed E-state index contributed by atoms with van der Waals surface area (Å²) in [5.41, 5.74) is -7.31. The first-order valence-electron chi connectivity index (χ1n) is 16.5. The molecule has 2 N–H and O–H groups in total. The Morgan fingerprint density at radius 2 is 0.807 bits per heavy atom. The zero-order valence-corrected chi connectivity index (χ0v) is 32.3. The molecule has 0 spiro atoms. The fraction of sp³-hybridized carbons (Fsp3) is 0.189. The number of hydrogen-bond acceptors (Lipinski definition) is 8. The van der Waals surface area contributed by atoms with Crippen LogP contribution in [0.25, 0.3) is 33.4 Å². The van der Waals surface area contributed by atoms with E-state index in [1.54, 1.807) is 0 Å². The van der Waals surface area contributed by atoms with Gasteiger partial charge in [0, 0.05) is 33.4 Å². The number of benzene rings is 4. The van der Waals surface area contributed by atoms with Gasteiger partial charge in [0.1, 0.15) is 0 Å². The number of halogens is 6. The third kappa shape index (κ3) is 5.77. The Morgan fingerprint density at radius 3 is 1.09 bits per heavy atom. The molecule has 0 saturated heterocycles. The Kier molecular flexibility index (Phi) is 9.04. The summed E-state index contributed by atoms with van der Waals surface area (Å²) in [5, 5.41) is 0. The average Bonchev–Trinajstić information content (AvgIpc) is 3.53. The maximum Gasteiger partial charge on any atom is 0.380 e. The Balaban J connectivity index is 1.49. The van der Waals surface area contributed by atoms with Crippen LogP contribution in [0, 0.1) is 0 Å². The quantitative estimate of drug-likeness (QED) is 0.130. The van der Waals surface area contributed by atoms with Crippen LogP contribution in [0.15, 0.2) is 125 Å². The molecule has 300 valence electrons. The van der Waals surface area contributed by atoms with Crippen molar-refractivity contribution in [2.75, 3.05) is 0 Å². The highest BCUT2D eigenvalue weighted by Crippen LogP contribution is 2.67. The van der Waals surface area contributed by atoms with Gasteiger partial charge in [-0.3, -0.25) is 9.11 Å². The predicted octanol–water partition coefficient (Wildman–Crippen LogP) is 8.25. The van der Waals surface area contributed by atoms with Crippen molar-refractivity contribution in [3.8, 4) is 22.3 Å². The Hall–Kier alpha value is -4.60. The molecule has 2 heterocycles. The van der Waals surface area contributed by atoms with Gasteiger partial charge in [0.15, 0.2) is 0 Å². The molecule has 0 aromatic heterocycles. The molecule has 0 bridgehead atoms. The SMILES string of the molecule is CCC1=C(C2=C(C3=C(CC)S(=O)(=O)c4cc(-c5ccc(S(=O)(=O)O)cc5)ccc43)C(F)(F)C(F)(F)C2(F)F)c2ccc(-c3ccc(S(=O)(=O)O)cc3)cc2S1(=O)=O. The van der Waals surface area contributed by atoms with Gasteiger partial charge in [-0.25, -0.2) is 16.8 Å². The van der Waals surface area contributed by atoms with Gasteiger partial charge in [-0.05, 0) is 71.5 Å². The van der Waals surface area contributed by atoms with Gasteiger partial charge in [-0.15, -0.1) is 0 Å². The van der Waals surface area contributed by atoms with Gasteiger partial charge < -0.3 is 0 Å². The van der Waals surface area contributed by atoms with E-state index in [1.165, 1.54) is 38.1 Å². The first-order valence-corrected chi connectivity index (χ1v) is 22.4. The van der Waals surface area contributed by atoms with Crippen molar-refractivity contribution >= 4 is 51.1 Å². The first-order chi connectivity index (χ1) is 26.2. The third-order valence-electron chi connectivity index (χ3n) is 10.1. The summed E-state index contributed by atoms with van der Waals surface area (Å²) in [4.78, 5) is -4.30. The van der Waals surface area contributed by atoms with Crippen LogP contribution in [0.2, 0.25) is 0 Å². The van der Waals surface area contributed by atoms with E-state index in [-0.39, 0.29) is 22.3 Å². The highest BCUT2D eigenvalue weighted by molar-refractivity contribution is 7.96. The van der Waals surface area contributed by atoms with Gasteiger partial charge in [-0.1, -0.05) is 62.4 Å². The summed E-state index contributed by atoms with van der Waals surface area (Å²) in [7, 11) is -19.0. The fourth-order valence-electron chi connectivity index (χ4n) is 7.41. The number of hydrogen-bond donors (Lipinski definition) is 2. The minimum absolute atomic E-state index is 0.0502. The molecule has 1 aliphatic carbocycles. The molecule has 20 heteroatoms. The van der Waals surface area contributed by atoms with Crippen molar-refractivity contribution < 1.29 is 69.1 Å². The van der Waals surface area contributed by atoms with E-state index in [0.29, 0.717) is 0 Å². The second-order valence-corrected chi connectivity index (χ2v) is 19.9. The van der Waals surface area contributed by atoms with Crippen LogP contribution in [-0.2, 0) is 39.9 Å². The zero-order valence-electron chi connectivity index (χ0n) is 29.1. The summed E-state index contributed by atoms with van der Waals surface area (Å²) < 4.78 is 218. The van der Waals surface area contributed by atoms with E-state index in [0.717, 1.165) is 60.7 Å². The standard InChI is InChI=1S/C37H26F6O10S4/c1-3-27-31(25-15-9-21(17-29(25)54(27,44)45)19-5-11-23(12-6-19)56(48,49)50)33-34(36(40,41)37(42,43)35(33,38)39)32-26-16-10-22(18-30(26)55(46,47)28(32)4-2)20-7-13-24(14-8-20)57(51,52)53/h5-18H,3-4H2,1-2H3,(H,48,49,50)(H,51,52,53). The molecule has 0 saturated carbocycles. The van der Waals surface area contributed by atoms with E-state index < -0.39 is 133 Å². The van der Waals surface area contributed by atoms with E-state index in [1.807, 2.05) is 0 Å². The van der Waals surface area contributed by atoms with Gasteiger partial charge in [0.2, 0.25) is 19.7 Å². The van der Waals surface area contributed by atoms with Gasteiger partial charge in [-0.2, -0.15) is 43.2 Å². The van der Waals surface area contributed by atoms with Crippen LogP contribution in [0.3, 0.4) is 0 Å². The molecule has 4 aromatic carbocycles. The highest BCUT2D eigenvalue weighted by Gasteiger charge is 2.81. The summed E-state index contributed by atoms with van der Waals surface area (Å²) in [6, 6.07) is 14.8. The Bertz CT molecular complexity index is 2800. The van der Waals surface area contributed by atoms with E-state index in [2.05, 4.69) is 0 Å². The van der Waals surface area contributed by atoms with Crippen molar-refractivity contribution in [2.45, 2.75) is 64.0 Å². The van der Waals surface area contributed by atoms with E-state index in [9.17, 15) is 42.8 Å². The second kappa shape index (κ2) is 12.7. The summed E-state index contributed by atoms with van der Waals surface area (Å²) in [6.07, 6.45) is -1.30. The molecule has 0 amide bonds. The molecule has 57 heavy (non-hydrogen) atoms. The van der Waals surface area contributed by atoms with Crippen LogP contribution in [0.5, 0.6) is 0 Å². The van der Waals surface area contributed by atoms with Gasteiger partial charge >= 0.3 is 17.8 Å². The highest BCUT2D eigenvalue weighted by atomic mass is 32.2.